The van der Waals surface area contributed by atoms with E-state index in [1.165, 1.54) is 128 Å². The highest BCUT2D eigenvalue weighted by atomic mass is 16.6. The van der Waals surface area contributed by atoms with E-state index >= 15 is 0 Å². The van der Waals surface area contributed by atoms with E-state index in [2.05, 4.69) is 130 Å². The Bertz CT molecular complexity index is 1520. The average Bonchev–Trinajstić information content (AvgIpc) is 3.41. The van der Waals surface area contributed by atoms with E-state index in [0.29, 0.717) is 19.3 Å². The summed E-state index contributed by atoms with van der Waals surface area (Å²) in [5.74, 6) is -0.901. The van der Waals surface area contributed by atoms with Crippen LogP contribution in [0.1, 0.15) is 290 Å². The molecule has 0 heterocycles. The van der Waals surface area contributed by atoms with Gasteiger partial charge in [-0.1, -0.05) is 265 Å². The number of carbonyl (C=O) groups is 3. The van der Waals surface area contributed by atoms with E-state index in [9.17, 15) is 14.4 Å². The predicted octanol–water partition coefficient (Wildman–Crippen LogP) is 21.4. The number of esters is 3. The van der Waals surface area contributed by atoms with Crippen molar-refractivity contribution in [3.05, 3.63) is 109 Å². The molecule has 6 heteroatoms. The van der Waals surface area contributed by atoms with Crippen LogP contribution in [0.2, 0.25) is 0 Å². The van der Waals surface area contributed by atoms with Crippen LogP contribution in [0.15, 0.2) is 109 Å². The van der Waals surface area contributed by atoms with Gasteiger partial charge in [-0.25, -0.2) is 0 Å². The van der Waals surface area contributed by atoms with E-state index in [0.717, 1.165) is 122 Å². The Morgan fingerprint density at radius 3 is 0.827 bits per heavy atom. The normalized spacial score (nSPS) is 12.8. The van der Waals surface area contributed by atoms with Crippen LogP contribution in [0.5, 0.6) is 0 Å². The molecule has 0 spiro atoms. The fourth-order valence-electron chi connectivity index (χ4n) is 8.50. The van der Waals surface area contributed by atoms with E-state index < -0.39 is 6.10 Å². The molecular formula is C69H116O6. The fraction of sp³-hybridized carbons (Fsp3) is 0.696. The van der Waals surface area contributed by atoms with Crippen molar-refractivity contribution in [2.45, 2.75) is 297 Å². The Labute approximate surface area is 463 Å². The zero-order valence-corrected chi connectivity index (χ0v) is 49.0. The minimum Gasteiger partial charge on any atom is -0.462 e. The van der Waals surface area contributed by atoms with Gasteiger partial charge in [0.1, 0.15) is 13.2 Å². The van der Waals surface area contributed by atoms with E-state index in [1.54, 1.807) is 0 Å². The van der Waals surface area contributed by atoms with Crippen LogP contribution in [0.4, 0.5) is 0 Å². The van der Waals surface area contributed by atoms with Crippen molar-refractivity contribution in [3.63, 3.8) is 0 Å². The van der Waals surface area contributed by atoms with E-state index in [4.69, 9.17) is 14.2 Å². The van der Waals surface area contributed by atoms with Crippen LogP contribution in [0, 0.1) is 0 Å². The Morgan fingerprint density at radius 1 is 0.280 bits per heavy atom. The lowest BCUT2D eigenvalue weighted by Crippen LogP contribution is -2.30. The first-order chi connectivity index (χ1) is 37.0. The first kappa shape index (κ1) is 71.1. The zero-order valence-electron chi connectivity index (χ0n) is 49.0. The molecule has 0 aliphatic rings. The molecule has 0 fully saturated rings. The second kappa shape index (κ2) is 62.6. The van der Waals surface area contributed by atoms with Crippen LogP contribution in [0.3, 0.4) is 0 Å². The molecule has 0 aliphatic carbocycles. The lowest BCUT2D eigenvalue weighted by Gasteiger charge is -2.18. The lowest BCUT2D eigenvalue weighted by atomic mass is 10.0. The number of ether oxygens (including phenoxy) is 3. The number of unbranched alkanes of at least 4 members (excludes halogenated alkanes) is 27. The second-order valence-electron chi connectivity index (χ2n) is 20.6. The summed E-state index contributed by atoms with van der Waals surface area (Å²) in [6, 6.07) is 0. The molecule has 0 radical (unpaired) electrons. The molecule has 0 saturated carbocycles. The van der Waals surface area contributed by atoms with Crippen molar-refractivity contribution in [2.75, 3.05) is 13.2 Å². The van der Waals surface area contributed by atoms with Crippen LogP contribution in [-0.4, -0.2) is 37.2 Å². The van der Waals surface area contributed by atoms with Gasteiger partial charge in [-0.15, -0.1) is 0 Å². The predicted molar refractivity (Wildman–Crippen MR) is 325 cm³/mol. The lowest BCUT2D eigenvalue weighted by molar-refractivity contribution is -0.167. The highest BCUT2D eigenvalue weighted by Crippen LogP contribution is 2.16. The molecule has 6 nitrogen and oxygen atoms in total. The summed E-state index contributed by atoms with van der Waals surface area (Å²) >= 11 is 0. The molecule has 0 N–H and O–H groups in total. The van der Waals surface area contributed by atoms with Gasteiger partial charge >= 0.3 is 17.9 Å². The summed E-state index contributed by atoms with van der Waals surface area (Å²) in [5.41, 5.74) is 0. The number of allylic oxidation sites excluding steroid dienone is 18. The first-order valence-corrected chi connectivity index (χ1v) is 31.4. The molecule has 0 aliphatic heterocycles. The van der Waals surface area contributed by atoms with Gasteiger partial charge in [-0.2, -0.15) is 0 Å². The van der Waals surface area contributed by atoms with Gasteiger partial charge in [0, 0.05) is 19.3 Å². The SMILES string of the molecule is CC/C=C\C/C=C\C/C=C\C/C=C\C/C=C\C/C=C\C/C=C\CCCCCCCCCCCCCCCC(=O)OCC(COC(=O)CCCCCCC/C=C\CCCC)OC(=O)CCCCCCC/C=C\CCCC. The van der Waals surface area contributed by atoms with Gasteiger partial charge in [0.2, 0.25) is 0 Å². The van der Waals surface area contributed by atoms with Crippen molar-refractivity contribution < 1.29 is 28.6 Å². The average molecular weight is 1040 g/mol. The molecule has 0 rings (SSSR count). The third-order valence-electron chi connectivity index (χ3n) is 13.2. The summed E-state index contributed by atoms with van der Waals surface area (Å²) in [5, 5.41) is 0. The quantitative estimate of drug-likeness (QED) is 0.0261. The summed E-state index contributed by atoms with van der Waals surface area (Å²) in [6.45, 7) is 6.44. The Morgan fingerprint density at radius 2 is 0.520 bits per heavy atom. The Kier molecular flexibility index (Phi) is 59.3. The van der Waals surface area contributed by atoms with Crippen molar-refractivity contribution in [1.82, 2.24) is 0 Å². The zero-order chi connectivity index (χ0) is 54.3. The highest BCUT2D eigenvalue weighted by molar-refractivity contribution is 5.71. The molecule has 0 aromatic rings. The van der Waals surface area contributed by atoms with Crippen LogP contribution in [-0.2, 0) is 28.6 Å². The molecule has 75 heavy (non-hydrogen) atoms. The second-order valence-corrected chi connectivity index (χ2v) is 20.6. The van der Waals surface area contributed by atoms with Gasteiger partial charge in [-0.3, -0.25) is 14.4 Å². The molecule has 0 aromatic heterocycles. The maximum atomic E-state index is 12.8. The molecule has 428 valence electrons. The molecule has 0 aromatic carbocycles. The van der Waals surface area contributed by atoms with Gasteiger partial charge in [0.25, 0.3) is 0 Å². The maximum absolute atomic E-state index is 12.8. The molecular weight excluding hydrogens is 925 g/mol. The third-order valence-corrected chi connectivity index (χ3v) is 13.2. The monoisotopic (exact) mass is 1040 g/mol. The summed E-state index contributed by atoms with van der Waals surface area (Å²) in [4.78, 5) is 38.1. The third kappa shape index (κ3) is 60.8. The summed E-state index contributed by atoms with van der Waals surface area (Å²) in [7, 11) is 0. The number of hydrogen-bond acceptors (Lipinski definition) is 6. The van der Waals surface area contributed by atoms with Gasteiger partial charge < -0.3 is 14.2 Å². The van der Waals surface area contributed by atoms with Crippen molar-refractivity contribution >= 4 is 17.9 Å². The largest absolute Gasteiger partial charge is 0.462 e. The van der Waals surface area contributed by atoms with Gasteiger partial charge in [0.05, 0.1) is 0 Å². The summed E-state index contributed by atoms with van der Waals surface area (Å²) in [6.07, 6.45) is 85.4. The van der Waals surface area contributed by atoms with E-state index in [1.807, 2.05) is 0 Å². The van der Waals surface area contributed by atoms with Gasteiger partial charge in [-0.05, 0) is 116 Å². The molecule has 1 unspecified atom stereocenters. The molecule has 1 atom stereocenters. The topological polar surface area (TPSA) is 78.9 Å². The molecule has 0 amide bonds. The summed E-state index contributed by atoms with van der Waals surface area (Å²) < 4.78 is 16.8. The smallest absolute Gasteiger partial charge is 0.306 e. The van der Waals surface area contributed by atoms with Crippen LogP contribution in [0.25, 0.3) is 0 Å². The molecule has 0 saturated heterocycles. The van der Waals surface area contributed by atoms with Gasteiger partial charge in [0.15, 0.2) is 6.10 Å². The first-order valence-electron chi connectivity index (χ1n) is 31.4. The Balaban J connectivity index is 4.08. The Hall–Kier alpha value is -3.93. The van der Waals surface area contributed by atoms with Crippen LogP contribution < -0.4 is 0 Å². The molecule has 0 bridgehead atoms. The standard InChI is InChI=1S/C69H116O6/c1-4-7-10-13-16-19-22-23-24-25-26-27-28-29-30-31-32-33-34-35-36-37-38-39-40-41-42-43-44-45-48-50-53-56-59-62-68(71)74-65-66(75-69(72)63-60-57-54-51-47-21-18-15-12-9-6-3)64-73-67(70)61-58-55-52-49-46-20-17-14-11-8-5-2/h7,10,14-19,23-24,26-27,29-30,32-33,35-36,66H,4-6,8-9,11-13,20-22,25,28,31,34,37-65H2,1-3H3/b10-7-,17-14-,18-15-,19-16-,24-23-,27-26-,30-29-,33-32-,36-35-. The fourth-order valence-corrected chi connectivity index (χ4v) is 8.50. The maximum Gasteiger partial charge on any atom is 0.306 e. The number of rotatable bonds is 56. The minimum atomic E-state index is -0.784. The van der Waals surface area contributed by atoms with E-state index in [-0.39, 0.29) is 31.1 Å². The number of carbonyl (C=O) groups excluding carboxylic acids is 3. The van der Waals surface area contributed by atoms with Crippen molar-refractivity contribution in [3.8, 4) is 0 Å². The highest BCUT2D eigenvalue weighted by Gasteiger charge is 2.19. The van der Waals surface area contributed by atoms with Crippen molar-refractivity contribution in [1.29, 1.82) is 0 Å². The number of hydrogen-bond donors (Lipinski definition) is 0. The van der Waals surface area contributed by atoms with Crippen LogP contribution >= 0.6 is 0 Å². The minimum absolute atomic E-state index is 0.0832. The van der Waals surface area contributed by atoms with Crippen molar-refractivity contribution in [2.24, 2.45) is 0 Å².